The number of amides is 1. The molecule has 2 aromatic carbocycles. The third kappa shape index (κ3) is 4.95. The first-order valence-corrected chi connectivity index (χ1v) is 10.8. The van der Waals surface area contributed by atoms with Crippen LogP contribution in [0.25, 0.3) is 11.4 Å². The molecule has 1 amide bonds. The molecule has 0 atom stereocenters. The van der Waals surface area contributed by atoms with Crippen LogP contribution in [0.2, 0.25) is 15.1 Å². The van der Waals surface area contributed by atoms with Crippen molar-refractivity contribution in [3.05, 3.63) is 57.0 Å². The second-order valence-corrected chi connectivity index (χ2v) is 8.35. The van der Waals surface area contributed by atoms with Crippen molar-refractivity contribution in [2.24, 2.45) is 0 Å². The maximum Gasteiger partial charge on any atom is 0.262 e. The fourth-order valence-corrected chi connectivity index (χ4v) is 3.99. The zero-order valence-electron chi connectivity index (χ0n) is 16.3. The van der Waals surface area contributed by atoms with Gasteiger partial charge in [0.2, 0.25) is 0 Å². The second-order valence-electron chi connectivity index (χ2n) is 7.13. The Morgan fingerprint density at radius 2 is 1.87 bits per heavy atom. The first kappa shape index (κ1) is 21.9. The molecule has 31 heavy (non-hydrogen) atoms. The third-order valence-corrected chi connectivity index (χ3v) is 5.96. The minimum atomic E-state index is -0.569. The van der Waals surface area contributed by atoms with Gasteiger partial charge in [0.1, 0.15) is 17.4 Å². The molecule has 0 aliphatic carbocycles. The quantitative estimate of drug-likeness (QED) is 0.467. The predicted octanol–water partition coefficient (Wildman–Crippen LogP) is 5.79. The predicted molar refractivity (Wildman–Crippen MR) is 119 cm³/mol. The number of aromatic nitrogens is 3. The molecule has 0 bridgehead atoms. The molecule has 0 fully saturated rings. The summed E-state index contributed by atoms with van der Waals surface area (Å²) in [4.78, 5) is 12.3. The van der Waals surface area contributed by atoms with Gasteiger partial charge in [0.25, 0.3) is 5.91 Å². The summed E-state index contributed by atoms with van der Waals surface area (Å²) >= 11 is 17.9. The van der Waals surface area contributed by atoms with Crippen molar-refractivity contribution in [2.75, 3.05) is 11.9 Å². The standard InChI is InChI=1S/C21H18Cl3FN4O2/c22-13-9-15(24)18(10-14(13)23)31-11-20(30)26-17-8-12(5-6-16(17)25)21-28-27-19-4-2-1-3-7-29(19)21/h5-6,8-10H,1-4,7,11H2,(H,26,30). The Bertz CT molecular complexity index is 1140. The Morgan fingerprint density at radius 3 is 2.71 bits per heavy atom. The topological polar surface area (TPSA) is 69.0 Å². The van der Waals surface area contributed by atoms with Gasteiger partial charge in [-0.3, -0.25) is 4.79 Å². The number of hydrogen-bond donors (Lipinski definition) is 1. The Morgan fingerprint density at radius 1 is 1.06 bits per heavy atom. The molecule has 0 saturated heterocycles. The molecule has 1 aliphatic heterocycles. The lowest BCUT2D eigenvalue weighted by Gasteiger charge is -2.12. The first-order chi connectivity index (χ1) is 14.9. The van der Waals surface area contributed by atoms with Gasteiger partial charge >= 0.3 is 0 Å². The van der Waals surface area contributed by atoms with Gasteiger partial charge in [-0.15, -0.1) is 10.2 Å². The number of halogens is 4. The van der Waals surface area contributed by atoms with E-state index in [2.05, 4.69) is 20.1 Å². The SMILES string of the molecule is O=C(COc1cc(Cl)c(Cl)cc1Cl)Nc1cc(-c2nnc3n2CCCCC3)ccc1F. The zero-order chi connectivity index (χ0) is 22.0. The number of ether oxygens (including phenoxy) is 1. The summed E-state index contributed by atoms with van der Waals surface area (Å²) in [6.07, 6.45) is 4.12. The summed E-state index contributed by atoms with van der Waals surface area (Å²) in [5.41, 5.74) is 0.697. The van der Waals surface area contributed by atoms with Crippen LogP contribution in [0.3, 0.4) is 0 Å². The largest absolute Gasteiger partial charge is 0.482 e. The minimum absolute atomic E-state index is 0.0253. The van der Waals surface area contributed by atoms with Gasteiger partial charge in [-0.05, 0) is 37.1 Å². The number of benzene rings is 2. The van der Waals surface area contributed by atoms with Crippen LogP contribution in [-0.4, -0.2) is 27.3 Å². The molecule has 4 rings (SSSR count). The first-order valence-electron chi connectivity index (χ1n) is 9.71. The van der Waals surface area contributed by atoms with E-state index in [0.717, 1.165) is 38.1 Å². The molecule has 2 heterocycles. The summed E-state index contributed by atoms with van der Waals surface area (Å²) in [6, 6.07) is 7.29. The molecule has 3 aromatic rings. The van der Waals surface area contributed by atoms with Crippen LogP contribution < -0.4 is 10.1 Å². The van der Waals surface area contributed by atoms with E-state index in [1.54, 1.807) is 12.1 Å². The summed E-state index contributed by atoms with van der Waals surface area (Å²) in [5.74, 6) is 0.658. The molecule has 0 radical (unpaired) electrons. The van der Waals surface area contributed by atoms with Crippen molar-refractivity contribution in [2.45, 2.75) is 32.2 Å². The van der Waals surface area contributed by atoms with Crippen molar-refractivity contribution in [3.63, 3.8) is 0 Å². The minimum Gasteiger partial charge on any atom is -0.482 e. The molecular formula is C21H18Cl3FN4O2. The highest BCUT2D eigenvalue weighted by atomic mass is 35.5. The second kappa shape index (κ2) is 9.42. The van der Waals surface area contributed by atoms with Gasteiger partial charge in [-0.25, -0.2) is 4.39 Å². The van der Waals surface area contributed by atoms with E-state index >= 15 is 0 Å². The monoisotopic (exact) mass is 482 g/mol. The van der Waals surface area contributed by atoms with Crippen LogP contribution in [0.4, 0.5) is 10.1 Å². The van der Waals surface area contributed by atoms with E-state index in [9.17, 15) is 9.18 Å². The van der Waals surface area contributed by atoms with E-state index in [1.807, 2.05) is 0 Å². The highest BCUT2D eigenvalue weighted by molar-refractivity contribution is 6.43. The van der Waals surface area contributed by atoms with Crippen LogP contribution in [0, 0.1) is 5.82 Å². The number of nitrogens with one attached hydrogen (secondary N) is 1. The van der Waals surface area contributed by atoms with E-state index in [4.69, 9.17) is 39.5 Å². The molecule has 0 spiro atoms. The average molecular weight is 484 g/mol. The van der Waals surface area contributed by atoms with Crippen LogP contribution >= 0.6 is 34.8 Å². The molecular weight excluding hydrogens is 466 g/mol. The van der Waals surface area contributed by atoms with Gasteiger partial charge in [-0.2, -0.15) is 0 Å². The Kier molecular flexibility index (Phi) is 6.65. The lowest BCUT2D eigenvalue weighted by atomic mass is 10.1. The molecule has 0 saturated carbocycles. The fourth-order valence-electron chi connectivity index (χ4n) is 3.40. The normalized spacial score (nSPS) is 13.4. The average Bonchev–Trinajstić information content (AvgIpc) is 2.99. The number of carbonyl (C=O) groups is 1. The number of aryl methyl sites for hydroxylation is 1. The smallest absolute Gasteiger partial charge is 0.262 e. The Labute approximate surface area is 193 Å². The van der Waals surface area contributed by atoms with Crippen LogP contribution in [0.15, 0.2) is 30.3 Å². The number of rotatable bonds is 5. The van der Waals surface area contributed by atoms with Gasteiger partial charge in [0.15, 0.2) is 12.4 Å². The van der Waals surface area contributed by atoms with E-state index in [1.165, 1.54) is 18.2 Å². The van der Waals surface area contributed by atoms with Crippen LogP contribution in [0.1, 0.15) is 25.1 Å². The third-order valence-electron chi connectivity index (χ3n) is 4.94. The maximum absolute atomic E-state index is 14.3. The van der Waals surface area contributed by atoms with E-state index < -0.39 is 11.7 Å². The Balaban J connectivity index is 1.49. The molecule has 1 aliphatic rings. The highest BCUT2D eigenvalue weighted by Gasteiger charge is 2.18. The molecule has 162 valence electrons. The van der Waals surface area contributed by atoms with Gasteiger partial charge in [0.05, 0.1) is 20.8 Å². The number of nitrogens with zero attached hydrogens (tertiary/aromatic N) is 3. The van der Waals surface area contributed by atoms with Crippen molar-refractivity contribution in [1.82, 2.24) is 14.8 Å². The van der Waals surface area contributed by atoms with Crippen LogP contribution in [-0.2, 0) is 17.8 Å². The number of anilines is 1. The summed E-state index contributed by atoms with van der Waals surface area (Å²) in [7, 11) is 0. The summed E-state index contributed by atoms with van der Waals surface area (Å²) < 4.78 is 21.8. The van der Waals surface area contributed by atoms with Crippen molar-refractivity contribution >= 4 is 46.4 Å². The van der Waals surface area contributed by atoms with E-state index in [-0.39, 0.29) is 33.1 Å². The lowest BCUT2D eigenvalue weighted by molar-refractivity contribution is -0.118. The Hall–Kier alpha value is -2.35. The van der Waals surface area contributed by atoms with Crippen molar-refractivity contribution in [3.8, 4) is 17.1 Å². The molecule has 1 aromatic heterocycles. The van der Waals surface area contributed by atoms with Crippen molar-refractivity contribution < 1.29 is 13.9 Å². The van der Waals surface area contributed by atoms with Gasteiger partial charge in [-0.1, -0.05) is 41.2 Å². The number of hydrogen-bond acceptors (Lipinski definition) is 4. The maximum atomic E-state index is 14.3. The summed E-state index contributed by atoms with van der Waals surface area (Å²) in [6.45, 7) is 0.427. The fraction of sp³-hybridized carbons (Fsp3) is 0.286. The van der Waals surface area contributed by atoms with Gasteiger partial charge in [0, 0.05) is 24.6 Å². The number of carbonyl (C=O) groups excluding carboxylic acids is 1. The number of fused-ring (bicyclic) bond motifs is 1. The van der Waals surface area contributed by atoms with Crippen LogP contribution in [0.5, 0.6) is 5.75 Å². The van der Waals surface area contributed by atoms with Crippen molar-refractivity contribution in [1.29, 1.82) is 0 Å². The lowest BCUT2D eigenvalue weighted by Crippen LogP contribution is -2.21. The zero-order valence-corrected chi connectivity index (χ0v) is 18.6. The molecule has 0 unspecified atom stereocenters. The molecule has 6 nitrogen and oxygen atoms in total. The van der Waals surface area contributed by atoms with Gasteiger partial charge < -0.3 is 14.6 Å². The highest BCUT2D eigenvalue weighted by Crippen LogP contribution is 2.34. The molecule has 1 N–H and O–H groups in total. The van der Waals surface area contributed by atoms with E-state index in [0.29, 0.717) is 11.4 Å². The summed E-state index contributed by atoms with van der Waals surface area (Å²) in [5, 5.41) is 11.8. The molecule has 10 heteroatoms.